The van der Waals surface area contributed by atoms with Gasteiger partial charge in [-0.05, 0) is 56.4 Å². The molecule has 110 valence electrons. The second-order valence-corrected chi connectivity index (χ2v) is 7.98. The maximum atomic E-state index is 3.85. The fraction of sp³-hybridized carbons (Fsp3) is 1.00. The quantitative estimate of drug-likeness (QED) is 0.658. The minimum Gasteiger partial charge on any atom is -0.300 e. The maximum absolute atomic E-state index is 3.85. The van der Waals surface area contributed by atoms with E-state index < -0.39 is 0 Å². The van der Waals surface area contributed by atoms with Gasteiger partial charge in [-0.15, -0.1) is 0 Å². The standard InChI is InChI=1S/C17H30BrN/c18-13-17(10-4-1-5-11-17)14-19-12-6-9-16(19)15-7-2-3-8-15/h15-16H,1-14H2. The number of rotatable bonds is 4. The van der Waals surface area contributed by atoms with Gasteiger partial charge in [0, 0.05) is 17.9 Å². The second kappa shape index (κ2) is 6.47. The van der Waals surface area contributed by atoms with Gasteiger partial charge in [0.25, 0.3) is 0 Å². The van der Waals surface area contributed by atoms with Gasteiger partial charge < -0.3 is 0 Å². The molecule has 0 spiro atoms. The van der Waals surface area contributed by atoms with Gasteiger partial charge in [-0.2, -0.15) is 0 Å². The summed E-state index contributed by atoms with van der Waals surface area (Å²) in [7, 11) is 0. The highest BCUT2D eigenvalue weighted by atomic mass is 79.9. The molecule has 0 N–H and O–H groups in total. The van der Waals surface area contributed by atoms with Crippen LogP contribution in [0.25, 0.3) is 0 Å². The number of halogens is 1. The maximum Gasteiger partial charge on any atom is 0.0124 e. The molecule has 3 fully saturated rings. The number of hydrogen-bond acceptors (Lipinski definition) is 1. The van der Waals surface area contributed by atoms with Crippen LogP contribution in [0.2, 0.25) is 0 Å². The van der Waals surface area contributed by atoms with E-state index in [1.807, 2.05) is 0 Å². The third-order valence-electron chi connectivity index (χ3n) is 6.09. The summed E-state index contributed by atoms with van der Waals surface area (Å²) in [5, 5.41) is 1.23. The van der Waals surface area contributed by atoms with Crippen molar-refractivity contribution in [3.05, 3.63) is 0 Å². The predicted molar refractivity (Wildman–Crippen MR) is 85.9 cm³/mol. The summed E-state index contributed by atoms with van der Waals surface area (Å²) in [6.45, 7) is 2.77. The Morgan fingerprint density at radius 1 is 0.895 bits per heavy atom. The zero-order chi connectivity index (χ0) is 13.1. The number of hydrogen-bond donors (Lipinski definition) is 0. The molecule has 0 amide bonds. The van der Waals surface area contributed by atoms with Gasteiger partial charge in [-0.25, -0.2) is 0 Å². The van der Waals surface area contributed by atoms with Crippen molar-refractivity contribution in [1.82, 2.24) is 4.90 Å². The lowest BCUT2D eigenvalue weighted by atomic mass is 9.75. The van der Waals surface area contributed by atoms with E-state index in [0.717, 1.165) is 12.0 Å². The van der Waals surface area contributed by atoms with Crippen molar-refractivity contribution in [2.75, 3.05) is 18.4 Å². The summed E-state index contributed by atoms with van der Waals surface area (Å²) in [5.41, 5.74) is 0.611. The second-order valence-electron chi connectivity index (χ2n) is 7.42. The lowest BCUT2D eigenvalue weighted by molar-refractivity contribution is 0.0960. The highest BCUT2D eigenvalue weighted by Crippen LogP contribution is 2.42. The molecule has 1 aliphatic heterocycles. The lowest BCUT2D eigenvalue weighted by Crippen LogP contribution is -2.44. The molecule has 0 aromatic carbocycles. The molecule has 2 heteroatoms. The van der Waals surface area contributed by atoms with Crippen molar-refractivity contribution >= 4 is 15.9 Å². The molecule has 1 heterocycles. The predicted octanol–water partition coefficient (Wildman–Crippen LogP) is 4.99. The van der Waals surface area contributed by atoms with E-state index in [4.69, 9.17) is 0 Å². The first-order valence-electron chi connectivity index (χ1n) is 8.63. The Kier molecular flexibility index (Phi) is 4.90. The van der Waals surface area contributed by atoms with Gasteiger partial charge in [-0.3, -0.25) is 4.90 Å². The van der Waals surface area contributed by atoms with Gasteiger partial charge in [0.1, 0.15) is 0 Å². The number of likely N-dealkylation sites (tertiary alicyclic amines) is 1. The Morgan fingerprint density at radius 2 is 1.63 bits per heavy atom. The average Bonchev–Trinajstić information content (AvgIpc) is 3.10. The monoisotopic (exact) mass is 327 g/mol. The van der Waals surface area contributed by atoms with Gasteiger partial charge in [0.05, 0.1) is 0 Å². The molecule has 0 radical (unpaired) electrons. The molecule has 0 aromatic heterocycles. The van der Waals surface area contributed by atoms with Crippen LogP contribution in [0.5, 0.6) is 0 Å². The highest BCUT2D eigenvalue weighted by molar-refractivity contribution is 9.09. The van der Waals surface area contributed by atoms with Crippen molar-refractivity contribution < 1.29 is 0 Å². The normalized spacial score (nSPS) is 33.0. The van der Waals surface area contributed by atoms with Crippen LogP contribution < -0.4 is 0 Å². The van der Waals surface area contributed by atoms with E-state index >= 15 is 0 Å². The summed E-state index contributed by atoms with van der Waals surface area (Å²) in [6, 6.07) is 0.945. The van der Waals surface area contributed by atoms with Crippen LogP contribution in [0.1, 0.15) is 70.6 Å². The number of nitrogens with zero attached hydrogens (tertiary/aromatic N) is 1. The molecular formula is C17H30BrN. The summed E-state index contributed by atoms with van der Waals surface area (Å²) in [6.07, 6.45) is 16.3. The molecule has 1 saturated heterocycles. The SMILES string of the molecule is BrCC1(CN2CCCC2C2CCCC2)CCCCC1. The topological polar surface area (TPSA) is 3.24 Å². The van der Waals surface area contributed by atoms with E-state index in [0.29, 0.717) is 5.41 Å². The fourth-order valence-electron chi connectivity index (χ4n) is 4.99. The lowest BCUT2D eigenvalue weighted by Gasteiger charge is -2.42. The molecule has 1 atom stereocenters. The van der Waals surface area contributed by atoms with Gasteiger partial charge in [-0.1, -0.05) is 48.0 Å². The first-order valence-corrected chi connectivity index (χ1v) is 9.75. The fourth-order valence-corrected chi connectivity index (χ4v) is 5.73. The summed E-state index contributed by atoms with van der Waals surface area (Å²) in [4.78, 5) is 2.91. The van der Waals surface area contributed by atoms with Crippen molar-refractivity contribution in [2.24, 2.45) is 11.3 Å². The van der Waals surface area contributed by atoms with Crippen molar-refractivity contribution in [2.45, 2.75) is 76.7 Å². The molecule has 19 heavy (non-hydrogen) atoms. The van der Waals surface area contributed by atoms with Crippen LogP contribution in [-0.2, 0) is 0 Å². The third kappa shape index (κ3) is 3.20. The van der Waals surface area contributed by atoms with Gasteiger partial charge in [0.2, 0.25) is 0 Å². The molecule has 2 saturated carbocycles. The first-order chi connectivity index (χ1) is 9.33. The summed E-state index contributed by atoms with van der Waals surface area (Å²) in [5.74, 6) is 1.04. The largest absolute Gasteiger partial charge is 0.300 e. The highest BCUT2D eigenvalue weighted by Gasteiger charge is 2.39. The molecule has 2 aliphatic carbocycles. The molecule has 1 nitrogen and oxygen atoms in total. The van der Waals surface area contributed by atoms with Crippen molar-refractivity contribution in [3.63, 3.8) is 0 Å². The van der Waals surface area contributed by atoms with Gasteiger partial charge >= 0.3 is 0 Å². The molecule has 0 aromatic rings. The minimum atomic E-state index is 0.611. The molecular weight excluding hydrogens is 298 g/mol. The van der Waals surface area contributed by atoms with E-state index in [2.05, 4.69) is 20.8 Å². The van der Waals surface area contributed by atoms with E-state index in [1.165, 1.54) is 89.0 Å². The average molecular weight is 328 g/mol. The van der Waals surface area contributed by atoms with Crippen molar-refractivity contribution in [1.29, 1.82) is 0 Å². The van der Waals surface area contributed by atoms with Crippen LogP contribution in [0.3, 0.4) is 0 Å². The van der Waals surface area contributed by atoms with Crippen LogP contribution in [0.4, 0.5) is 0 Å². The van der Waals surface area contributed by atoms with Crippen molar-refractivity contribution in [3.8, 4) is 0 Å². The first kappa shape index (κ1) is 14.4. The summed E-state index contributed by atoms with van der Waals surface area (Å²) < 4.78 is 0. The smallest absolute Gasteiger partial charge is 0.0124 e. The Labute approximate surface area is 127 Å². The van der Waals surface area contributed by atoms with Crippen LogP contribution in [-0.4, -0.2) is 29.4 Å². The van der Waals surface area contributed by atoms with Crippen LogP contribution in [0, 0.1) is 11.3 Å². The van der Waals surface area contributed by atoms with E-state index in [9.17, 15) is 0 Å². The molecule has 3 rings (SSSR count). The zero-order valence-corrected chi connectivity index (χ0v) is 14.0. The molecule has 3 aliphatic rings. The summed E-state index contributed by atoms with van der Waals surface area (Å²) >= 11 is 3.85. The van der Waals surface area contributed by atoms with E-state index in [-0.39, 0.29) is 0 Å². The van der Waals surface area contributed by atoms with Gasteiger partial charge in [0.15, 0.2) is 0 Å². The molecule has 0 bridgehead atoms. The van der Waals surface area contributed by atoms with Crippen LogP contribution >= 0.6 is 15.9 Å². The Balaban J connectivity index is 1.63. The molecule has 1 unspecified atom stereocenters. The van der Waals surface area contributed by atoms with E-state index in [1.54, 1.807) is 0 Å². The zero-order valence-electron chi connectivity index (χ0n) is 12.4. The minimum absolute atomic E-state index is 0.611. The number of alkyl halides is 1. The third-order valence-corrected chi connectivity index (χ3v) is 7.28. The van der Waals surface area contributed by atoms with Crippen LogP contribution in [0.15, 0.2) is 0 Å². The Bertz CT molecular complexity index is 279. The Morgan fingerprint density at radius 3 is 2.32 bits per heavy atom. The Hall–Kier alpha value is 0.440.